The number of nitrogens with zero attached hydrogens (tertiary/aromatic N) is 2. The lowest BCUT2D eigenvalue weighted by molar-refractivity contribution is -0.133. The summed E-state index contributed by atoms with van der Waals surface area (Å²) in [6.45, 7) is 5.23. The Balaban J connectivity index is 2.28. The molecule has 2 aromatic rings. The molecule has 6 heteroatoms. The summed E-state index contributed by atoms with van der Waals surface area (Å²) in [6, 6.07) is 5.58. The summed E-state index contributed by atoms with van der Waals surface area (Å²) in [4.78, 5) is 15.3. The molecule has 114 valence electrons. The van der Waals surface area contributed by atoms with Crippen LogP contribution in [0.5, 0.6) is 0 Å². The van der Waals surface area contributed by atoms with E-state index in [-0.39, 0.29) is 5.75 Å². The van der Waals surface area contributed by atoms with Crippen molar-refractivity contribution in [3.63, 3.8) is 0 Å². The average Bonchev–Trinajstić information content (AvgIpc) is 2.74. The lowest BCUT2D eigenvalue weighted by Gasteiger charge is -2.09. The van der Waals surface area contributed by atoms with E-state index >= 15 is 0 Å². The van der Waals surface area contributed by atoms with Crippen LogP contribution in [0.3, 0.4) is 0 Å². The molecule has 0 aliphatic carbocycles. The van der Waals surface area contributed by atoms with E-state index in [9.17, 15) is 4.79 Å². The zero-order valence-electron chi connectivity index (χ0n) is 12.2. The van der Waals surface area contributed by atoms with Gasteiger partial charge >= 0.3 is 5.97 Å². The minimum atomic E-state index is -0.834. The number of carboxylic acids is 1. The minimum Gasteiger partial charge on any atom is -0.481 e. The van der Waals surface area contributed by atoms with Gasteiger partial charge in [-0.15, -0.1) is 0 Å². The average molecular weight is 327 g/mol. The largest absolute Gasteiger partial charge is 0.481 e. The SMILES string of the molecule is CC(C)CCCn1c(SCC(=O)O)nc2ccc(Cl)cc21. The maximum Gasteiger partial charge on any atom is 0.313 e. The second-order valence-electron chi connectivity index (χ2n) is 5.40. The van der Waals surface area contributed by atoms with Crippen molar-refractivity contribution in [2.24, 2.45) is 5.92 Å². The summed E-state index contributed by atoms with van der Waals surface area (Å²) < 4.78 is 2.08. The molecule has 0 bridgehead atoms. The van der Waals surface area contributed by atoms with Crippen molar-refractivity contribution in [1.82, 2.24) is 9.55 Å². The molecule has 2 rings (SSSR count). The molecule has 0 radical (unpaired) electrons. The molecule has 0 aliphatic rings. The van der Waals surface area contributed by atoms with E-state index in [1.54, 1.807) is 6.07 Å². The van der Waals surface area contributed by atoms with E-state index in [0.717, 1.165) is 35.6 Å². The summed E-state index contributed by atoms with van der Waals surface area (Å²) in [6.07, 6.45) is 2.17. The molecule has 4 nitrogen and oxygen atoms in total. The highest BCUT2D eigenvalue weighted by atomic mass is 35.5. The molecule has 21 heavy (non-hydrogen) atoms. The van der Waals surface area contributed by atoms with Crippen LogP contribution in [0.1, 0.15) is 26.7 Å². The fourth-order valence-corrected chi connectivity index (χ4v) is 3.11. The first-order valence-electron chi connectivity index (χ1n) is 6.97. The van der Waals surface area contributed by atoms with Crippen molar-refractivity contribution in [2.45, 2.75) is 38.4 Å². The fraction of sp³-hybridized carbons (Fsp3) is 0.467. The Morgan fingerprint density at radius 2 is 2.24 bits per heavy atom. The van der Waals surface area contributed by atoms with Gasteiger partial charge in [-0.2, -0.15) is 0 Å². The predicted molar refractivity (Wildman–Crippen MR) is 87.2 cm³/mol. The number of hydrogen-bond donors (Lipinski definition) is 1. The third kappa shape index (κ3) is 4.38. The van der Waals surface area contributed by atoms with E-state index in [1.807, 2.05) is 12.1 Å². The quantitative estimate of drug-likeness (QED) is 0.771. The Hall–Kier alpha value is -1.20. The number of halogens is 1. The Bertz CT molecular complexity index is 640. The number of aliphatic carboxylic acids is 1. The van der Waals surface area contributed by atoms with Crippen LogP contribution in [0.2, 0.25) is 5.02 Å². The molecule has 1 heterocycles. The van der Waals surface area contributed by atoms with Gasteiger partial charge in [0.05, 0.1) is 16.8 Å². The maximum absolute atomic E-state index is 10.8. The van der Waals surface area contributed by atoms with Crippen molar-refractivity contribution in [3.8, 4) is 0 Å². The Labute approximate surface area is 133 Å². The Kier molecular flexibility index (Phi) is 5.53. The predicted octanol–water partition coefficient (Wildman–Crippen LogP) is 4.30. The molecule has 0 saturated heterocycles. The number of imidazole rings is 1. The van der Waals surface area contributed by atoms with Gasteiger partial charge in [0, 0.05) is 11.6 Å². The van der Waals surface area contributed by atoms with Crippen molar-refractivity contribution in [1.29, 1.82) is 0 Å². The Morgan fingerprint density at radius 3 is 2.90 bits per heavy atom. The molecule has 0 atom stereocenters. The zero-order valence-corrected chi connectivity index (χ0v) is 13.7. The molecule has 0 saturated carbocycles. The van der Waals surface area contributed by atoms with Crippen LogP contribution in [0.4, 0.5) is 0 Å². The second kappa shape index (κ2) is 7.18. The van der Waals surface area contributed by atoms with Crippen molar-refractivity contribution in [2.75, 3.05) is 5.75 Å². The van der Waals surface area contributed by atoms with Gasteiger partial charge in [0.25, 0.3) is 0 Å². The van der Waals surface area contributed by atoms with Crippen molar-refractivity contribution < 1.29 is 9.90 Å². The first-order valence-corrected chi connectivity index (χ1v) is 8.34. The van der Waals surface area contributed by atoms with Crippen LogP contribution in [0, 0.1) is 5.92 Å². The van der Waals surface area contributed by atoms with Gasteiger partial charge in [0.2, 0.25) is 0 Å². The van der Waals surface area contributed by atoms with Crippen LogP contribution in [-0.2, 0) is 11.3 Å². The van der Waals surface area contributed by atoms with Crippen molar-refractivity contribution >= 4 is 40.4 Å². The monoisotopic (exact) mass is 326 g/mol. The molecule has 0 fully saturated rings. The van der Waals surface area contributed by atoms with E-state index in [1.165, 1.54) is 11.8 Å². The molecule has 0 aliphatic heterocycles. The highest BCUT2D eigenvalue weighted by Crippen LogP contribution is 2.27. The number of benzene rings is 1. The minimum absolute atomic E-state index is 0.0151. The molecule has 0 unspecified atom stereocenters. The van der Waals surface area contributed by atoms with Gasteiger partial charge in [0.1, 0.15) is 0 Å². The number of thioether (sulfide) groups is 1. The van der Waals surface area contributed by atoms with E-state index in [2.05, 4.69) is 23.4 Å². The first-order chi connectivity index (χ1) is 9.97. The molecular weight excluding hydrogens is 308 g/mol. The van der Waals surface area contributed by atoms with Gasteiger partial charge in [-0.25, -0.2) is 4.98 Å². The fourth-order valence-electron chi connectivity index (χ4n) is 2.18. The van der Waals surface area contributed by atoms with Crippen molar-refractivity contribution in [3.05, 3.63) is 23.2 Å². The highest BCUT2D eigenvalue weighted by molar-refractivity contribution is 7.99. The number of aryl methyl sites for hydroxylation is 1. The summed E-state index contributed by atoms with van der Waals surface area (Å²) in [5.74, 6) is -0.168. The third-order valence-corrected chi connectivity index (χ3v) is 4.36. The zero-order chi connectivity index (χ0) is 15.4. The number of fused-ring (bicyclic) bond motifs is 1. The summed E-state index contributed by atoms with van der Waals surface area (Å²) in [5.41, 5.74) is 1.83. The first kappa shape index (κ1) is 16.2. The lowest BCUT2D eigenvalue weighted by Crippen LogP contribution is -2.04. The van der Waals surface area contributed by atoms with Crippen LogP contribution in [-0.4, -0.2) is 26.4 Å². The number of rotatable bonds is 7. The van der Waals surface area contributed by atoms with Crippen LogP contribution in [0.25, 0.3) is 11.0 Å². The standard InChI is InChI=1S/C15H19ClN2O2S/c1-10(2)4-3-7-18-13-8-11(16)5-6-12(13)17-15(18)21-9-14(19)20/h5-6,8,10H,3-4,7,9H2,1-2H3,(H,19,20). The molecule has 0 amide bonds. The molecule has 1 aromatic heterocycles. The van der Waals surface area contributed by atoms with Gasteiger partial charge < -0.3 is 9.67 Å². The number of aromatic nitrogens is 2. The second-order valence-corrected chi connectivity index (χ2v) is 6.78. The normalized spacial score (nSPS) is 11.4. The number of hydrogen-bond acceptors (Lipinski definition) is 3. The van der Waals surface area contributed by atoms with E-state index in [0.29, 0.717) is 10.9 Å². The van der Waals surface area contributed by atoms with Crippen LogP contribution < -0.4 is 0 Å². The van der Waals surface area contributed by atoms with Gasteiger partial charge in [-0.05, 0) is 37.0 Å². The number of carboxylic acid groups (broad SMARTS) is 1. The van der Waals surface area contributed by atoms with Crippen LogP contribution >= 0.6 is 23.4 Å². The molecule has 1 N–H and O–H groups in total. The number of carbonyl (C=O) groups is 1. The smallest absolute Gasteiger partial charge is 0.313 e. The van der Waals surface area contributed by atoms with Gasteiger partial charge in [-0.3, -0.25) is 4.79 Å². The third-order valence-electron chi connectivity index (χ3n) is 3.16. The topological polar surface area (TPSA) is 55.1 Å². The molecule has 0 spiro atoms. The highest BCUT2D eigenvalue weighted by Gasteiger charge is 2.13. The maximum atomic E-state index is 10.8. The molecular formula is C15H19ClN2O2S. The van der Waals surface area contributed by atoms with Gasteiger partial charge in [0.15, 0.2) is 5.16 Å². The van der Waals surface area contributed by atoms with E-state index < -0.39 is 5.97 Å². The van der Waals surface area contributed by atoms with Crippen LogP contribution in [0.15, 0.2) is 23.4 Å². The van der Waals surface area contributed by atoms with Gasteiger partial charge in [-0.1, -0.05) is 37.2 Å². The summed E-state index contributed by atoms with van der Waals surface area (Å²) in [7, 11) is 0. The summed E-state index contributed by atoms with van der Waals surface area (Å²) >= 11 is 7.32. The lowest BCUT2D eigenvalue weighted by atomic mass is 10.1. The Morgan fingerprint density at radius 1 is 1.48 bits per heavy atom. The molecule has 1 aromatic carbocycles. The van der Waals surface area contributed by atoms with E-state index in [4.69, 9.17) is 16.7 Å². The summed E-state index contributed by atoms with van der Waals surface area (Å²) in [5, 5.41) is 10.3.